The average molecular weight is 314 g/mol. The van der Waals surface area contributed by atoms with E-state index >= 15 is 0 Å². The van der Waals surface area contributed by atoms with Crippen LogP contribution in [0.5, 0.6) is 0 Å². The Bertz CT molecular complexity index is 700. The number of carbonyl (C=O) groups excluding carboxylic acids is 1. The molecule has 1 aromatic carbocycles. The molecule has 0 radical (unpaired) electrons. The van der Waals surface area contributed by atoms with Crippen LogP contribution in [0, 0.1) is 0 Å². The fourth-order valence-corrected chi connectivity index (χ4v) is 3.34. The zero-order chi connectivity index (χ0) is 15.6. The molecule has 0 unspecified atom stereocenters. The Kier molecular flexibility index (Phi) is 4.01. The number of aromatic nitrogens is 1. The number of likely N-dealkylation sites (tertiary alicyclic amines) is 1. The zero-order valence-electron chi connectivity index (χ0n) is 13.3. The lowest BCUT2D eigenvalue weighted by molar-refractivity contribution is 0.0793. The third-order valence-corrected chi connectivity index (χ3v) is 4.64. The Labute approximate surface area is 135 Å². The van der Waals surface area contributed by atoms with E-state index in [0.717, 1.165) is 75.6 Å². The van der Waals surface area contributed by atoms with Crippen molar-refractivity contribution in [2.24, 2.45) is 0 Å². The van der Waals surface area contributed by atoms with Crippen molar-refractivity contribution in [3.8, 4) is 0 Å². The summed E-state index contributed by atoms with van der Waals surface area (Å²) in [6.07, 6.45) is 2.21. The van der Waals surface area contributed by atoms with Crippen LogP contribution in [0.25, 0.3) is 11.1 Å². The number of amides is 1. The van der Waals surface area contributed by atoms with Gasteiger partial charge in [0.1, 0.15) is 5.52 Å². The summed E-state index contributed by atoms with van der Waals surface area (Å²) in [5.74, 6) is 0.837. The maximum Gasteiger partial charge on any atom is 0.253 e. The third kappa shape index (κ3) is 3.09. The standard InChI is InChI=1S/C17H22N4O2/c22-17(21-7-1-2-8-21)13-3-4-15-14(11-13)19-16(23-15)12-20-9-5-18-6-10-20/h3-4,11,18H,1-2,5-10,12H2. The fourth-order valence-electron chi connectivity index (χ4n) is 3.34. The van der Waals surface area contributed by atoms with Crippen molar-refractivity contribution >= 4 is 17.0 Å². The number of hydrogen-bond donors (Lipinski definition) is 1. The van der Waals surface area contributed by atoms with Crippen molar-refractivity contribution in [3.63, 3.8) is 0 Å². The molecule has 1 aromatic heterocycles. The Balaban J connectivity index is 1.53. The van der Waals surface area contributed by atoms with Gasteiger partial charge in [-0.3, -0.25) is 9.69 Å². The largest absolute Gasteiger partial charge is 0.439 e. The molecule has 0 bridgehead atoms. The Morgan fingerprint density at radius 2 is 1.96 bits per heavy atom. The van der Waals surface area contributed by atoms with Gasteiger partial charge in [0, 0.05) is 44.8 Å². The first-order valence-electron chi connectivity index (χ1n) is 8.41. The monoisotopic (exact) mass is 314 g/mol. The van der Waals surface area contributed by atoms with Crippen LogP contribution >= 0.6 is 0 Å². The SMILES string of the molecule is O=C(c1ccc2oc(CN3CCNCC3)nc2c1)N1CCCC1. The van der Waals surface area contributed by atoms with Gasteiger partial charge in [-0.25, -0.2) is 4.98 Å². The van der Waals surface area contributed by atoms with E-state index < -0.39 is 0 Å². The highest BCUT2D eigenvalue weighted by molar-refractivity contribution is 5.97. The van der Waals surface area contributed by atoms with E-state index in [4.69, 9.17) is 4.42 Å². The maximum atomic E-state index is 12.5. The van der Waals surface area contributed by atoms with Gasteiger partial charge in [0.15, 0.2) is 5.58 Å². The lowest BCUT2D eigenvalue weighted by atomic mass is 10.2. The molecule has 0 atom stereocenters. The van der Waals surface area contributed by atoms with Crippen LogP contribution in [0.15, 0.2) is 22.6 Å². The minimum Gasteiger partial charge on any atom is -0.439 e. The molecule has 0 spiro atoms. The normalized spacial score (nSPS) is 19.6. The zero-order valence-corrected chi connectivity index (χ0v) is 13.3. The van der Waals surface area contributed by atoms with Gasteiger partial charge in [-0.05, 0) is 31.0 Å². The van der Waals surface area contributed by atoms with E-state index in [1.165, 1.54) is 0 Å². The van der Waals surface area contributed by atoms with Crippen molar-refractivity contribution in [2.75, 3.05) is 39.3 Å². The van der Waals surface area contributed by atoms with Crippen LogP contribution in [-0.4, -0.2) is 60.0 Å². The van der Waals surface area contributed by atoms with Gasteiger partial charge in [0.2, 0.25) is 5.89 Å². The third-order valence-electron chi connectivity index (χ3n) is 4.64. The van der Waals surface area contributed by atoms with Gasteiger partial charge < -0.3 is 14.6 Å². The number of carbonyl (C=O) groups is 1. The molecule has 1 N–H and O–H groups in total. The van der Waals surface area contributed by atoms with Crippen LogP contribution in [-0.2, 0) is 6.54 Å². The van der Waals surface area contributed by atoms with E-state index in [1.54, 1.807) is 0 Å². The minimum absolute atomic E-state index is 0.107. The highest BCUT2D eigenvalue weighted by atomic mass is 16.3. The molecule has 6 nitrogen and oxygen atoms in total. The van der Waals surface area contributed by atoms with Crippen LogP contribution in [0.3, 0.4) is 0 Å². The summed E-state index contributed by atoms with van der Waals surface area (Å²) in [5.41, 5.74) is 2.25. The minimum atomic E-state index is 0.107. The van der Waals surface area contributed by atoms with Crippen molar-refractivity contribution in [3.05, 3.63) is 29.7 Å². The summed E-state index contributed by atoms with van der Waals surface area (Å²) in [6, 6.07) is 5.58. The lowest BCUT2D eigenvalue weighted by Gasteiger charge is -2.25. The van der Waals surface area contributed by atoms with E-state index in [1.807, 2.05) is 23.1 Å². The van der Waals surface area contributed by atoms with Crippen LogP contribution in [0.2, 0.25) is 0 Å². The summed E-state index contributed by atoms with van der Waals surface area (Å²) >= 11 is 0. The summed E-state index contributed by atoms with van der Waals surface area (Å²) in [7, 11) is 0. The first-order valence-corrected chi connectivity index (χ1v) is 8.41. The van der Waals surface area contributed by atoms with E-state index in [2.05, 4.69) is 15.2 Å². The highest BCUT2D eigenvalue weighted by Gasteiger charge is 2.20. The maximum absolute atomic E-state index is 12.5. The Morgan fingerprint density at radius 1 is 1.17 bits per heavy atom. The van der Waals surface area contributed by atoms with Gasteiger partial charge in [0.25, 0.3) is 5.91 Å². The molecule has 1 amide bonds. The Morgan fingerprint density at radius 3 is 2.74 bits per heavy atom. The smallest absolute Gasteiger partial charge is 0.253 e. The predicted octanol–water partition coefficient (Wildman–Crippen LogP) is 1.47. The first kappa shape index (κ1) is 14.7. The number of nitrogens with zero attached hydrogens (tertiary/aromatic N) is 3. The number of piperazine rings is 1. The molecule has 2 aromatic rings. The number of nitrogens with one attached hydrogen (secondary N) is 1. The molecule has 2 fully saturated rings. The van der Waals surface area contributed by atoms with E-state index in [9.17, 15) is 4.79 Å². The van der Waals surface area contributed by atoms with Gasteiger partial charge in [0.05, 0.1) is 6.54 Å². The van der Waals surface area contributed by atoms with Crippen molar-refractivity contribution in [2.45, 2.75) is 19.4 Å². The van der Waals surface area contributed by atoms with Crippen molar-refractivity contribution in [1.82, 2.24) is 20.1 Å². The number of hydrogen-bond acceptors (Lipinski definition) is 5. The number of fused-ring (bicyclic) bond motifs is 1. The van der Waals surface area contributed by atoms with Gasteiger partial charge in [-0.2, -0.15) is 0 Å². The average Bonchev–Trinajstić information content (AvgIpc) is 3.23. The van der Waals surface area contributed by atoms with Crippen LogP contribution in [0.1, 0.15) is 29.1 Å². The molecule has 2 aliphatic rings. The van der Waals surface area contributed by atoms with E-state index in [-0.39, 0.29) is 5.91 Å². The van der Waals surface area contributed by atoms with Gasteiger partial charge in [-0.15, -0.1) is 0 Å². The molecule has 0 saturated carbocycles. The van der Waals surface area contributed by atoms with Crippen molar-refractivity contribution < 1.29 is 9.21 Å². The summed E-state index contributed by atoms with van der Waals surface area (Å²) in [4.78, 5) is 21.3. The number of rotatable bonds is 3. The number of oxazole rings is 1. The summed E-state index contributed by atoms with van der Waals surface area (Å²) in [5, 5.41) is 3.34. The molecular weight excluding hydrogens is 292 g/mol. The topological polar surface area (TPSA) is 61.6 Å². The molecular formula is C17H22N4O2. The molecule has 3 heterocycles. The molecule has 6 heteroatoms. The second kappa shape index (κ2) is 6.29. The summed E-state index contributed by atoms with van der Waals surface area (Å²) in [6.45, 7) is 6.50. The molecule has 23 heavy (non-hydrogen) atoms. The highest BCUT2D eigenvalue weighted by Crippen LogP contribution is 2.20. The Hall–Kier alpha value is -1.92. The second-order valence-electron chi connectivity index (χ2n) is 6.32. The van der Waals surface area contributed by atoms with Crippen LogP contribution < -0.4 is 5.32 Å². The fraction of sp³-hybridized carbons (Fsp3) is 0.529. The molecule has 0 aliphatic carbocycles. The van der Waals surface area contributed by atoms with Gasteiger partial charge >= 0.3 is 0 Å². The molecule has 4 rings (SSSR count). The predicted molar refractivity (Wildman–Crippen MR) is 87.3 cm³/mol. The first-order chi connectivity index (χ1) is 11.3. The van der Waals surface area contributed by atoms with E-state index in [0.29, 0.717) is 5.56 Å². The second-order valence-corrected chi connectivity index (χ2v) is 6.32. The van der Waals surface area contributed by atoms with Crippen LogP contribution in [0.4, 0.5) is 0 Å². The van der Waals surface area contributed by atoms with Crippen molar-refractivity contribution in [1.29, 1.82) is 0 Å². The molecule has 2 saturated heterocycles. The van der Waals surface area contributed by atoms with Gasteiger partial charge in [-0.1, -0.05) is 0 Å². The summed E-state index contributed by atoms with van der Waals surface area (Å²) < 4.78 is 5.83. The molecule has 122 valence electrons. The number of benzene rings is 1. The lowest BCUT2D eigenvalue weighted by Crippen LogP contribution is -2.42. The molecule has 2 aliphatic heterocycles. The quantitative estimate of drug-likeness (QED) is 0.929.